The van der Waals surface area contributed by atoms with Crippen molar-refractivity contribution in [2.45, 2.75) is 32.6 Å². The van der Waals surface area contributed by atoms with Crippen LogP contribution in [0.3, 0.4) is 0 Å². The van der Waals surface area contributed by atoms with Crippen LogP contribution in [0.2, 0.25) is 0 Å². The summed E-state index contributed by atoms with van der Waals surface area (Å²) in [7, 11) is 1.40. The minimum atomic E-state index is -2.92. The predicted molar refractivity (Wildman–Crippen MR) is 86.6 cm³/mol. The number of aliphatic hydroxyl groups excluding tert-OH is 1. The van der Waals surface area contributed by atoms with E-state index in [9.17, 15) is 13.9 Å². The van der Waals surface area contributed by atoms with Gasteiger partial charge in [-0.2, -0.15) is 8.78 Å². The molecular weight excluding hydrogens is 320 g/mol. The van der Waals surface area contributed by atoms with E-state index >= 15 is 0 Å². The van der Waals surface area contributed by atoms with Gasteiger partial charge in [0.15, 0.2) is 17.5 Å². The van der Waals surface area contributed by atoms with Gasteiger partial charge in [0.05, 0.1) is 19.8 Å². The highest BCUT2D eigenvalue weighted by Crippen LogP contribution is 2.29. The van der Waals surface area contributed by atoms with Crippen molar-refractivity contribution in [1.29, 1.82) is 0 Å². The summed E-state index contributed by atoms with van der Waals surface area (Å²) >= 11 is 0. The Morgan fingerprint density at radius 1 is 1.46 bits per heavy atom. The number of guanidine groups is 1. The predicted octanol–water partition coefficient (Wildman–Crippen LogP) is 1.83. The van der Waals surface area contributed by atoms with E-state index in [1.807, 2.05) is 11.8 Å². The maximum atomic E-state index is 12.5. The average Bonchev–Trinajstić information content (AvgIpc) is 2.97. The quantitative estimate of drug-likeness (QED) is 0.609. The van der Waals surface area contributed by atoms with Gasteiger partial charge in [0.2, 0.25) is 0 Å². The van der Waals surface area contributed by atoms with E-state index in [1.165, 1.54) is 13.2 Å². The molecule has 24 heavy (non-hydrogen) atoms. The number of aliphatic hydroxyl groups is 1. The molecule has 1 saturated heterocycles. The van der Waals surface area contributed by atoms with Gasteiger partial charge in [0.25, 0.3) is 0 Å². The standard InChI is InChI=1S/C16H23F2N3O3/c1-3-19-16(21-7-6-12(22)10-21)20-9-11-4-5-13(23-2)14(8-11)24-15(17)18/h4-5,8,12,15,22H,3,6-7,9-10H2,1-2H3,(H,19,20)/t12-/m1/s1. The molecule has 1 aliphatic heterocycles. The number of nitrogens with one attached hydrogen (secondary N) is 1. The lowest BCUT2D eigenvalue weighted by molar-refractivity contribution is -0.0512. The minimum absolute atomic E-state index is 0.0122. The van der Waals surface area contributed by atoms with E-state index in [0.717, 1.165) is 12.1 Å². The Bertz CT molecular complexity index is 569. The van der Waals surface area contributed by atoms with Gasteiger partial charge in [-0.25, -0.2) is 4.99 Å². The van der Waals surface area contributed by atoms with Gasteiger partial charge < -0.3 is 24.8 Å². The Balaban J connectivity index is 2.12. The van der Waals surface area contributed by atoms with Crippen LogP contribution in [-0.4, -0.2) is 55.4 Å². The highest BCUT2D eigenvalue weighted by atomic mass is 19.3. The summed E-state index contributed by atoms with van der Waals surface area (Å²) in [5.74, 6) is 0.931. The van der Waals surface area contributed by atoms with Gasteiger partial charge in [-0.3, -0.25) is 0 Å². The third kappa shape index (κ3) is 4.95. The van der Waals surface area contributed by atoms with E-state index < -0.39 is 6.61 Å². The maximum absolute atomic E-state index is 12.5. The van der Waals surface area contributed by atoms with Crippen LogP contribution in [0.1, 0.15) is 18.9 Å². The fourth-order valence-corrected chi connectivity index (χ4v) is 2.53. The SMILES string of the molecule is CCNC(=NCc1ccc(OC)c(OC(F)F)c1)N1CC[C@@H](O)C1. The smallest absolute Gasteiger partial charge is 0.387 e. The number of β-amino-alcohol motifs (C(OH)–C–C–N with tert-alkyl or cyclic N) is 1. The zero-order valence-corrected chi connectivity index (χ0v) is 13.8. The summed E-state index contributed by atoms with van der Waals surface area (Å²) in [6.45, 7) is 1.32. The highest BCUT2D eigenvalue weighted by Gasteiger charge is 2.22. The number of likely N-dealkylation sites (tertiary alicyclic amines) is 1. The first kappa shape index (κ1) is 18.3. The summed E-state index contributed by atoms with van der Waals surface area (Å²) in [6, 6.07) is 4.83. The van der Waals surface area contributed by atoms with Gasteiger partial charge in [-0.05, 0) is 31.0 Å². The second kappa shape index (κ2) is 8.68. The molecule has 6 nitrogen and oxygen atoms in total. The molecule has 1 atom stereocenters. The molecule has 0 aliphatic carbocycles. The second-order valence-corrected chi connectivity index (χ2v) is 5.42. The Kier molecular flexibility index (Phi) is 6.60. The van der Waals surface area contributed by atoms with E-state index in [0.29, 0.717) is 32.0 Å². The van der Waals surface area contributed by atoms with Gasteiger partial charge in [0, 0.05) is 19.6 Å². The molecule has 1 fully saturated rings. The molecule has 0 aromatic heterocycles. The molecule has 0 radical (unpaired) electrons. The number of nitrogens with zero attached hydrogens (tertiary/aromatic N) is 2. The number of ether oxygens (including phenoxy) is 2. The summed E-state index contributed by atoms with van der Waals surface area (Å²) in [5.41, 5.74) is 0.724. The van der Waals surface area contributed by atoms with Crippen molar-refractivity contribution in [3.63, 3.8) is 0 Å². The molecule has 1 aliphatic rings. The van der Waals surface area contributed by atoms with Crippen molar-refractivity contribution < 1.29 is 23.4 Å². The number of rotatable bonds is 6. The Hall–Kier alpha value is -2.09. The minimum Gasteiger partial charge on any atom is -0.493 e. The van der Waals surface area contributed by atoms with Crippen molar-refractivity contribution in [2.75, 3.05) is 26.7 Å². The first-order valence-electron chi connectivity index (χ1n) is 7.86. The molecule has 1 heterocycles. The molecule has 0 spiro atoms. The molecule has 0 unspecified atom stereocenters. The normalized spacial score (nSPS) is 18.2. The lowest BCUT2D eigenvalue weighted by Crippen LogP contribution is -2.40. The fourth-order valence-electron chi connectivity index (χ4n) is 2.53. The van der Waals surface area contributed by atoms with Crippen LogP contribution in [0.5, 0.6) is 11.5 Å². The number of hydrogen-bond donors (Lipinski definition) is 2. The molecule has 0 amide bonds. The lowest BCUT2D eigenvalue weighted by Gasteiger charge is -2.21. The van der Waals surface area contributed by atoms with Gasteiger partial charge in [-0.1, -0.05) is 6.07 Å². The Morgan fingerprint density at radius 2 is 2.25 bits per heavy atom. The summed E-state index contributed by atoms with van der Waals surface area (Å²) in [6.07, 6.45) is 0.361. The third-order valence-electron chi connectivity index (χ3n) is 3.65. The third-order valence-corrected chi connectivity index (χ3v) is 3.65. The van der Waals surface area contributed by atoms with Crippen molar-refractivity contribution in [3.05, 3.63) is 23.8 Å². The molecule has 1 aromatic carbocycles. The van der Waals surface area contributed by atoms with Crippen LogP contribution in [0.4, 0.5) is 8.78 Å². The number of methoxy groups -OCH3 is 1. The zero-order valence-electron chi connectivity index (χ0n) is 13.8. The van der Waals surface area contributed by atoms with Gasteiger partial charge in [-0.15, -0.1) is 0 Å². The molecular formula is C16H23F2N3O3. The zero-order chi connectivity index (χ0) is 17.5. The average molecular weight is 343 g/mol. The first-order chi connectivity index (χ1) is 11.5. The van der Waals surface area contributed by atoms with Crippen LogP contribution in [0.25, 0.3) is 0 Å². The number of hydrogen-bond acceptors (Lipinski definition) is 4. The lowest BCUT2D eigenvalue weighted by atomic mass is 10.2. The number of aliphatic imine (C=N–C) groups is 1. The van der Waals surface area contributed by atoms with Crippen molar-refractivity contribution in [3.8, 4) is 11.5 Å². The first-order valence-corrected chi connectivity index (χ1v) is 7.86. The van der Waals surface area contributed by atoms with E-state index in [-0.39, 0.29) is 17.6 Å². The second-order valence-electron chi connectivity index (χ2n) is 5.42. The van der Waals surface area contributed by atoms with E-state index in [4.69, 9.17) is 4.74 Å². The Morgan fingerprint density at radius 3 is 2.83 bits per heavy atom. The number of benzene rings is 1. The van der Waals surface area contributed by atoms with Crippen LogP contribution < -0.4 is 14.8 Å². The van der Waals surface area contributed by atoms with Crippen molar-refractivity contribution in [1.82, 2.24) is 10.2 Å². The molecule has 134 valence electrons. The summed E-state index contributed by atoms with van der Waals surface area (Å²) in [4.78, 5) is 6.49. The summed E-state index contributed by atoms with van der Waals surface area (Å²) in [5, 5.41) is 12.8. The monoisotopic (exact) mass is 343 g/mol. The Labute approximate surface area is 140 Å². The maximum Gasteiger partial charge on any atom is 0.387 e. The van der Waals surface area contributed by atoms with Crippen LogP contribution >= 0.6 is 0 Å². The van der Waals surface area contributed by atoms with E-state index in [2.05, 4.69) is 15.0 Å². The fraction of sp³-hybridized carbons (Fsp3) is 0.562. The van der Waals surface area contributed by atoms with Crippen LogP contribution in [-0.2, 0) is 6.54 Å². The molecule has 8 heteroatoms. The molecule has 2 N–H and O–H groups in total. The molecule has 0 bridgehead atoms. The number of halogens is 2. The van der Waals surface area contributed by atoms with Gasteiger partial charge >= 0.3 is 6.61 Å². The van der Waals surface area contributed by atoms with E-state index in [1.54, 1.807) is 12.1 Å². The highest BCUT2D eigenvalue weighted by molar-refractivity contribution is 5.80. The van der Waals surface area contributed by atoms with Crippen LogP contribution in [0.15, 0.2) is 23.2 Å². The summed E-state index contributed by atoms with van der Waals surface area (Å²) < 4.78 is 34.5. The molecule has 2 rings (SSSR count). The largest absolute Gasteiger partial charge is 0.493 e. The topological polar surface area (TPSA) is 66.3 Å². The van der Waals surface area contributed by atoms with Crippen molar-refractivity contribution >= 4 is 5.96 Å². The molecule has 1 aromatic rings. The van der Waals surface area contributed by atoms with Crippen LogP contribution in [0, 0.1) is 0 Å². The number of alkyl halides is 2. The van der Waals surface area contributed by atoms with Gasteiger partial charge in [0.1, 0.15) is 0 Å². The molecule has 0 saturated carbocycles. The van der Waals surface area contributed by atoms with Crippen molar-refractivity contribution in [2.24, 2.45) is 4.99 Å².